The van der Waals surface area contributed by atoms with Crippen LogP contribution < -0.4 is 4.72 Å². The Labute approximate surface area is 144 Å². The van der Waals surface area contributed by atoms with E-state index in [4.69, 9.17) is 4.74 Å². The van der Waals surface area contributed by atoms with Gasteiger partial charge in [-0.3, -0.25) is 0 Å². The Kier molecular flexibility index (Phi) is 6.82. The van der Waals surface area contributed by atoms with Crippen LogP contribution in [0.3, 0.4) is 0 Å². The lowest BCUT2D eigenvalue weighted by molar-refractivity contribution is 0.00573. The minimum atomic E-state index is -1.07. The molecule has 23 heavy (non-hydrogen) atoms. The molecule has 0 saturated carbocycles. The number of ether oxygens (including phenoxy) is 1. The predicted molar refractivity (Wildman–Crippen MR) is 95.6 cm³/mol. The highest BCUT2D eigenvalue weighted by Gasteiger charge is 2.36. The SMILES string of the molecule is C[C@H](N[S@+]([O-])C(C)(C)C)[C@@H]1CCN(C(=O)OC(C)(C)C)[C@H](C)C1. The Hall–Kier alpha value is -0.460. The normalized spacial score (nSPS) is 25.9. The minimum absolute atomic E-state index is 0.135. The number of rotatable bonds is 3. The molecule has 0 aliphatic carbocycles. The number of carbonyl (C=O) groups excluding carboxylic acids is 1. The first-order valence-corrected chi connectivity index (χ1v) is 9.64. The molecule has 4 atom stereocenters. The van der Waals surface area contributed by atoms with E-state index in [-0.39, 0.29) is 22.9 Å². The van der Waals surface area contributed by atoms with Crippen LogP contribution in [-0.4, -0.2) is 44.5 Å². The van der Waals surface area contributed by atoms with Gasteiger partial charge in [0.1, 0.15) is 10.3 Å². The molecule has 0 radical (unpaired) electrons. The average Bonchev–Trinajstić information content (AvgIpc) is 2.34. The lowest BCUT2D eigenvalue weighted by atomic mass is 9.87. The molecule has 1 aliphatic heterocycles. The molecule has 0 aromatic rings. The maximum absolute atomic E-state index is 12.2. The maximum Gasteiger partial charge on any atom is 0.410 e. The lowest BCUT2D eigenvalue weighted by Gasteiger charge is -2.40. The minimum Gasteiger partial charge on any atom is -0.598 e. The molecular weight excluding hydrogens is 312 g/mol. The Bertz CT molecular complexity index is 404. The molecule has 0 spiro atoms. The largest absolute Gasteiger partial charge is 0.598 e. The van der Waals surface area contributed by atoms with Gasteiger partial charge < -0.3 is 14.2 Å². The zero-order chi connectivity index (χ0) is 18.0. The van der Waals surface area contributed by atoms with Gasteiger partial charge in [-0.1, -0.05) is 0 Å². The first kappa shape index (κ1) is 20.6. The molecule has 1 N–H and O–H groups in total. The van der Waals surface area contributed by atoms with Crippen LogP contribution in [0, 0.1) is 5.92 Å². The second kappa shape index (κ2) is 7.62. The Morgan fingerprint density at radius 2 is 1.87 bits per heavy atom. The Morgan fingerprint density at radius 1 is 1.30 bits per heavy atom. The van der Waals surface area contributed by atoms with Crippen molar-refractivity contribution in [3.8, 4) is 0 Å². The van der Waals surface area contributed by atoms with Crippen LogP contribution in [0.15, 0.2) is 0 Å². The van der Waals surface area contributed by atoms with Crippen LogP contribution in [0.2, 0.25) is 0 Å². The molecule has 0 unspecified atom stereocenters. The van der Waals surface area contributed by atoms with Crippen LogP contribution in [0.4, 0.5) is 4.79 Å². The molecule has 0 aromatic carbocycles. The van der Waals surface area contributed by atoms with Crippen molar-refractivity contribution >= 4 is 17.5 Å². The van der Waals surface area contributed by atoms with Gasteiger partial charge in [-0.15, -0.1) is 4.72 Å². The summed E-state index contributed by atoms with van der Waals surface area (Å²) in [4.78, 5) is 14.1. The molecule has 0 aromatic heterocycles. The van der Waals surface area contributed by atoms with Crippen molar-refractivity contribution < 1.29 is 14.1 Å². The summed E-state index contributed by atoms with van der Waals surface area (Å²) in [7, 11) is 0. The molecule has 136 valence electrons. The van der Waals surface area contributed by atoms with E-state index < -0.39 is 17.0 Å². The molecule has 1 amide bonds. The zero-order valence-corrected chi connectivity index (χ0v) is 16.8. The van der Waals surface area contributed by atoms with Crippen LogP contribution in [0.5, 0.6) is 0 Å². The van der Waals surface area contributed by atoms with Crippen molar-refractivity contribution in [2.24, 2.45) is 5.92 Å². The van der Waals surface area contributed by atoms with Crippen LogP contribution in [0.1, 0.15) is 68.2 Å². The highest BCUT2D eigenvalue weighted by atomic mass is 32.2. The Morgan fingerprint density at radius 3 is 2.30 bits per heavy atom. The quantitative estimate of drug-likeness (QED) is 0.795. The summed E-state index contributed by atoms with van der Waals surface area (Å²) in [5.41, 5.74) is -0.466. The third-order valence-electron chi connectivity index (χ3n) is 4.10. The van der Waals surface area contributed by atoms with Crippen molar-refractivity contribution in [2.75, 3.05) is 6.54 Å². The molecule has 0 bridgehead atoms. The molecule has 1 rings (SSSR count). The van der Waals surface area contributed by atoms with Gasteiger partial charge in [0.25, 0.3) is 0 Å². The van der Waals surface area contributed by atoms with Crippen LogP contribution >= 0.6 is 0 Å². The Balaban J connectivity index is 2.56. The summed E-state index contributed by atoms with van der Waals surface area (Å²) >= 11 is -1.07. The maximum atomic E-state index is 12.2. The van der Waals surface area contributed by atoms with Gasteiger partial charge in [0.05, 0.1) is 6.04 Å². The standard InChI is InChI=1S/C17H34N2O3S/c1-12-11-14(13(2)18-23(21)17(6,7)8)9-10-19(12)15(20)22-16(3,4)5/h12-14,18H,9-11H2,1-8H3/t12-,13+,14-,23-/m1/s1. The smallest absolute Gasteiger partial charge is 0.410 e. The van der Waals surface area contributed by atoms with Crippen molar-refractivity contribution in [1.82, 2.24) is 9.62 Å². The molecule has 1 heterocycles. The summed E-state index contributed by atoms with van der Waals surface area (Å²) < 4.78 is 20.7. The molecule has 5 nitrogen and oxygen atoms in total. The summed E-state index contributed by atoms with van der Waals surface area (Å²) in [5.74, 6) is 0.412. The highest BCUT2D eigenvalue weighted by molar-refractivity contribution is 7.90. The average molecular weight is 347 g/mol. The number of hydrogen-bond acceptors (Lipinski definition) is 4. The van der Waals surface area contributed by atoms with Crippen molar-refractivity contribution in [1.29, 1.82) is 0 Å². The van der Waals surface area contributed by atoms with E-state index in [0.717, 1.165) is 12.8 Å². The van der Waals surface area contributed by atoms with Gasteiger partial charge >= 0.3 is 6.09 Å². The van der Waals surface area contributed by atoms with Crippen molar-refractivity contribution in [3.05, 3.63) is 0 Å². The van der Waals surface area contributed by atoms with E-state index in [1.165, 1.54) is 0 Å². The molecular formula is C17H34N2O3S. The number of carbonyl (C=O) groups is 1. The van der Waals surface area contributed by atoms with Gasteiger partial charge in [-0.2, -0.15) is 0 Å². The summed E-state index contributed by atoms with van der Waals surface area (Å²) in [6.07, 6.45) is 1.57. The highest BCUT2D eigenvalue weighted by Crippen LogP contribution is 2.28. The second-order valence-electron chi connectivity index (χ2n) is 8.59. The fraction of sp³-hybridized carbons (Fsp3) is 0.941. The van der Waals surface area contributed by atoms with E-state index >= 15 is 0 Å². The lowest BCUT2D eigenvalue weighted by Crippen LogP contribution is -2.52. The first-order chi connectivity index (χ1) is 10.3. The topological polar surface area (TPSA) is 64.6 Å². The fourth-order valence-electron chi connectivity index (χ4n) is 2.70. The number of piperidine rings is 1. The van der Waals surface area contributed by atoms with Crippen molar-refractivity contribution in [2.45, 2.75) is 90.7 Å². The summed E-state index contributed by atoms with van der Waals surface area (Å²) in [6.45, 7) is 16.4. The van der Waals surface area contributed by atoms with E-state index in [1.807, 2.05) is 46.4 Å². The monoisotopic (exact) mass is 346 g/mol. The number of hydrogen-bond donors (Lipinski definition) is 1. The summed E-state index contributed by atoms with van der Waals surface area (Å²) in [6, 6.07) is 0.300. The molecule has 1 aliphatic rings. The van der Waals surface area contributed by atoms with E-state index in [9.17, 15) is 9.35 Å². The third-order valence-corrected chi connectivity index (χ3v) is 5.80. The van der Waals surface area contributed by atoms with E-state index in [0.29, 0.717) is 12.5 Å². The van der Waals surface area contributed by atoms with Gasteiger partial charge in [0.15, 0.2) is 0 Å². The second-order valence-corrected chi connectivity index (χ2v) is 10.6. The van der Waals surface area contributed by atoms with Crippen LogP contribution in [-0.2, 0) is 16.1 Å². The van der Waals surface area contributed by atoms with Gasteiger partial charge in [-0.25, -0.2) is 4.79 Å². The summed E-state index contributed by atoms with van der Waals surface area (Å²) in [5, 5.41) is 0. The third kappa shape index (κ3) is 6.51. The van der Waals surface area contributed by atoms with Gasteiger partial charge in [-0.05, 0) is 74.1 Å². The van der Waals surface area contributed by atoms with E-state index in [2.05, 4.69) is 18.6 Å². The molecule has 6 heteroatoms. The number of nitrogens with one attached hydrogen (secondary N) is 1. The number of nitrogens with zero attached hydrogens (tertiary/aromatic N) is 1. The zero-order valence-electron chi connectivity index (χ0n) is 15.9. The molecule has 1 fully saturated rings. The predicted octanol–water partition coefficient (Wildman–Crippen LogP) is 3.46. The van der Waals surface area contributed by atoms with Crippen molar-refractivity contribution in [3.63, 3.8) is 0 Å². The molecule has 1 saturated heterocycles. The van der Waals surface area contributed by atoms with Gasteiger partial charge in [0, 0.05) is 23.9 Å². The number of likely N-dealkylation sites (tertiary alicyclic amines) is 1. The first-order valence-electron chi connectivity index (χ1n) is 8.49. The fourth-order valence-corrected chi connectivity index (χ4v) is 3.58. The van der Waals surface area contributed by atoms with Crippen LogP contribution in [0.25, 0.3) is 0 Å². The van der Waals surface area contributed by atoms with E-state index in [1.54, 1.807) is 0 Å². The van der Waals surface area contributed by atoms with Gasteiger partial charge in [0.2, 0.25) is 0 Å². The number of amides is 1.